The van der Waals surface area contributed by atoms with Crippen LogP contribution in [0.25, 0.3) is 0 Å². The van der Waals surface area contributed by atoms with Gasteiger partial charge in [0.05, 0.1) is 0 Å². The maximum Gasteiger partial charge on any atom is 0.154 e. The number of rotatable bonds is 1. The van der Waals surface area contributed by atoms with Crippen molar-refractivity contribution in [2.75, 3.05) is 24.5 Å². The molecule has 5 heteroatoms. The molecule has 0 saturated carbocycles. The third-order valence-corrected chi connectivity index (χ3v) is 4.31. The van der Waals surface area contributed by atoms with Gasteiger partial charge >= 0.3 is 0 Å². The molecular weight excluding hydrogens is 236 g/mol. The van der Waals surface area contributed by atoms with E-state index in [1.165, 1.54) is 12.8 Å². The number of hydrogen-bond acceptors (Lipinski definition) is 4. The van der Waals surface area contributed by atoms with Gasteiger partial charge in [0.1, 0.15) is 0 Å². The van der Waals surface area contributed by atoms with Gasteiger partial charge in [-0.05, 0) is 43.9 Å². The number of nitrogens with one attached hydrogen (secondary N) is 1. The van der Waals surface area contributed by atoms with E-state index >= 15 is 0 Å². The summed E-state index contributed by atoms with van der Waals surface area (Å²) in [6.45, 7) is 5.29. The second-order valence-electron chi connectivity index (χ2n) is 4.98. The summed E-state index contributed by atoms with van der Waals surface area (Å²) in [6, 6.07) is 2.63. The van der Waals surface area contributed by atoms with Crippen molar-refractivity contribution in [3.05, 3.63) is 16.8 Å². The molecule has 0 amide bonds. The summed E-state index contributed by atoms with van der Waals surface area (Å²) in [5.74, 6) is 1.79. The normalized spacial score (nSPS) is 28.2. The Bertz CT molecular complexity index is 423. The topological polar surface area (TPSA) is 41.0 Å². The number of aromatic nitrogens is 2. The Balaban J connectivity index is 1.86. The van der Waals surface area contributed by atoms with Crippen LogP contribution in [-0.4, -0.2) is 35.9 Å². The Morgan fingerprint density at radius 2 is 2.29 bits per heavy atom. The fourth-order valence-electron chi connectivity index (χ4n) is 2.95. The molecule has 2 unspecified atom stereocenters. The molecule has 0 bridgehead atoms. The highest BCUT2D eigenvalue weighted by atomic mass is 35.5. The molecule has 0 aliphatic carbocycles. The van der Waals surface area contributed by atoms with Crippen LogP contribution in [0.2, 0.25) is 5.15 Å². The minimum absolute atomic E-state index is 0.506. The van der Waals surface area contributed by atoms with Gasteiger partial charge in [0.2, 0.25) is 0 Å². The molecule has 1 N–H and O–H groups in total. The van der Waals surface area contributed by atoms with Gasteiger partial charge in [0, 0.05) is 19.1 Å². The molecule has 1 aromatic rings. The first-order valence-corrected chi connectivity index (χ1v) is 6.60. The number of piperidine rings is 1. The highest BCUT2D eigenvalue weighted by molar-refractivity contribution is 6.30. The average molecular weight is 253 g/mol. The van der Waals surface area contributed by atoms with Gasteiger partial charge in [-0.2, -0.15) is 0 Å². The van der Waals surface area contributed by atoms with Crippen molar-refractivity contribution < 1.29 is 0 Å². The third kappa shape index (κ3) is 2.00. The first kappa shape index (κ1) is 11.2. The molecule has 2 aliphatic heterocycles. The van der Waals surface area contributed by atoms with Crippen molar-refractivity contribution in [2.45, 2.75) is 25.8 Å². The predicted molar refractivity (Wildman–Crippen MR) is 68.5 cm³/mol. The highest BCUT2D eigenvalue weighted by Gasteiger charge is 2.36. The lowest BCUT2D eigenvalue weighted by molar-refractivity contribution is 0.358. The molecule has 2 saturated heterocycles. The SMILES string of the molecule is Cc1cc(N2CCC3CCNCC32)nnc1Cl. The van der Waals surface area contributed by atoms with E-state index < -0.39 is 0 Å². The van der Waals surface area contributed by atoms with Crippen LogP contribution in [0.4, 0.5) is 5.82 Å². The number of halogens is 1. The van der Waals surface area contributed by atoms with Gasteiger partial charge in [0.25, 0.3) is 0 Å². The molecule has 4 nitrogen and oxygen atoms in total. The standard InChI is InChI=1S/C12H17ClN4/c1-8-6-11(15-16-12(8)13)17-5-3-9-2-4-14-7-10(9)17/h6,9-10,14H,2-5,7H2,1H3. The zero-order valence-corrected chi connectivity index (χ0v) is 10.7. The Kier molecular flexibility index (Phi) is 2.92. The molecule has 0 aromatic carbocycles. The Morgan fingerprint density at radius 1 is 1.41 bits per heavy atom. The van der Waals surface area contributed by atoms with Gasteiger partial charge < -0.3 is 10.2 Å². The van der Waals surface area contributed by atoms with Crippen molar-refractivity contribution in [2.24, 2.45) is 5.92 Å². The lowest BCUT2D eigenvalue weighted by Crippen LogP contribution is -2.46. The summed E-state index contributed by atoms with van der Waals surface area (Å²) in [5.41, 5.74) is 1.00. The van der Waals surface area contributed by atoms with Gasteiger partial charge in [-0.1, -0.05) is 11.6 Å². The van der Waals surface area contributed by atoms with Crippen LogP contribution < -0.4 is 10.2 Å². The second kappa shape index (κ2) is 4.42. The Hall–Kier alpha value is -0.870. The van der Waals surface area contributed by atoms with Crippen molar-refractivity contribution in [3.8, 4) is 0 Å². The maximum absolute atomic E-state index is 5.92. The van der Waals surface area contributed by atoms with Gasteiger partial charge in [-0.3, -0.25) is 0 Å². The fourth-order valence-corrected chi connectivity index (χ4v) is 3.04. The molecule has 1 aromatic heterocycles. The molecule has 17 heavy (non-hydrogen) atoms. The van der Waals surface area contributed by atoms with Crippen molar-refractivity contribution in [3.63, 3.8) is 0 Å². The summed E-state index contributed by atoms with van der Waals surface area (Å²) in [5, 5.41) is 12.2. The second-order valence-corrected chi connectivity index (χ2v) is 5.34. The number of anilines is 1. The number of hydrogen-bond donors (Lipinski definition) is 1. The molecule has 2 fully saturated rings. The maximum atomic E-state index is 5.92. The van der Waals surface area contributed by atoms with Crippen molar-refractivity contribution in [1.29, 1.82) is 0 Å². The molecule has 92 valence electrons. The van der Waals surface area contributed by atoms with E-state index in [2.05, 4.69) is 20.4 Å². The van der Waals surface area contributed by atoms with E-state index in [1.54, 1.807) is 0 Å². The van der Waals surface area contributed by atoms with E-state index in [4.69, 9.17) is 11.6 Å². The Labute approximate surface area is 106 Å². The smallest absolute Gasteiger partial charge is 0.154 e. The molecule has 2 atom stereocenters. The van der Waals surface area contributed by atoms with Crippen LogP contribution >= 0.6 is 11.6 Å². The summed E-state index contributed by atoms with van der Waals surface area (Å²) in [4.78, 5) is 2.38. The van der Waals surface area contributed by atoms with Crippen molar-refractivity contribution in [1.82, 2.24) is 15.5 Å². The average Bonchev–Trinajstić information content (AvgIpc) is 2.76. The molecule has 0 radical (unpaired) electrons. The van der Waals surface area contributed by atoms with E-state index in [1.807, 2.05) is 13.0 Å². The van der Waals surface area contributed by atoms with Crippen LogP contribution in [0.3, 0.4) is 0 Å². The quantitative estimate of drug-likeness (QED) is 0.825. The van der Waals surface area contributed by atoms with E-state index in [0.29, 0.717) is 11.2 Å². The number of fused-ring (bicyclic) bond motifs is 1. The first-order chi connectivity index (χ1) is 8.25. The third-order valence-electron chi connectivity index (χ3n) is 3.94. The summed E-state index contributed by atoms with van der Waals surface area (Å²) >= 11 is 5.92. The summed E-state index contributed by atoms with van der Waals surface area (Å²) in [6.07, 6.45) is 2.55. The lowest BCUT2D eigenvalue weighted by Gasteiger charge is -2.32. The number of nitrogens with zero attached hydrogens (tertiary/aromatic N) is 3. The van der Waals surface area contributed by atoms with Crippen LogP contribution in [0.15, 0.2) is 6.07 Å². The monoisotopic (exact) mass is 252 g/mol. The Morgan fingerprint density at radius 3 is 3.12 bits per heavy atom. The largest absolute Gasteiger partial charge is 0.351 e. The highest BCUT2D eigenvalue weighted by Crippen LogP contribution is 2.32. The molecule has 0 spiro atoms. The number of aryl methyl sites for hydroxylation is 1. The van der Waals surface area contributed by atoms with E-state index in [-0.39, 0.29) is 0 Å². The van der Waals surface area contributed by atoms with E-state index in [9.17, 15) is 0 Å². The minimum atomic E-state index is 0.506. The molecular formula is C12H17ClN4. The van der Waals surface area contributed by atoms with Crippen molar-refractivity contribution >= 4 is 17.4 Å². The lowest BCUT2D eigenvalue weighted by atomic mass is 9.93. The van der Waals surface area contributed by atoms with Crippen LogP contribution in [-0.2, 0) is 0 Å². The molecule has 3 rings (SSSR count). The predicted octanol–water partition coefficient (Wildman–Crippen LogP) is 1.63. The van der Waals surface area contributed by atoms with Gasteiger partial charge in [-0.25, -0.2) is 0 Å². The molecule has 2 aliphatic rings. The van der Waals surface area contributed by atoms with Crippen LogP contribution in [0.5, 0.6) is 0 Å². The molecule has 3 heterocycles. The fraction of sp³-hybridized carbons (Fsp3) is 0.667. The summed E-state index contributed by atoms with van der Waals surface area (Å²) < 4.78 is 0. The van der Waals surface area contributed by atoms with Gasteiger partial charge in [-0.15, -0.1) is 10.2 Å². The zero-order valence-electron chi connectivity index (χ0n) is 9.99. The van der Waals surface area contributed by atoms with Crippen LogP contribution in [0.1, 0.15) is 18.4 Å². The zero-order chi connectivity index (χ0) is 11.8. The van der Waals surface area contributed by atoms with E-state index in [0.717, 1.165) is 36.9 Å². The first-order valence-electron chi connectivity index (χ1n) is 6.23. The van der Waals surface area contributed by atoms with Gasteiger partial charge in [0.15, 0.2) is 11.0 Å². The van der Waals surface area contributed by atoms with Crippen LogP contribution in [0, 0.1) is 12.8 Å². The summed E-state index contributed by atoms with van der Waals surface area (Å²) in [7, 11) is 0. The minimum Gasteiger partial charge on any atom is -0.351 e.